The number of aromatic nitrogens is 3. The van der Waals surface area contributed by atoms with Gasteiger partial charge in [-0.05, 0) is 219 Å². The summed E-state index contributed by atoms with van der Waals surface area (Å²) >= 11 is 6.26. The van der Waals surface area contributed by atoms with Crippen LogP contribution in [0.2, 0.25) is 0 Å². The second-order valence-corrected chi connectivity index (χ2v) is 28.9. The van der Waals surface area contributed by atoms with Crippen LogP contribution in [0.1, 0.15) is 156 Å². The fourth-order valence-corrected chi connectivity index (χ4v) is 15.0. The molecule has 0 radical (unpaired) electrons. The van der Waals surface area contributed by atoms with Crippen molar-refractivity contribution in [2.75, 3.05) is 68.2 Å². The summed E-state index contributed by atoms with van der Waals surface area (Å²) in [5.41, 5.74) is 14.5. The largest absolute Gasteiger partial charge is 0.497 e. The van der Waals surface area contributed by atoms with Gasteiger partial charge < -0.3 is 38.0 Å². The maximum absolute atomic E-state index is 12.3. The Labute approximate surface area is 605 Å². The number of hydrogen-bond donors (Lipinski definition) is 0. The Hall–Kier alpha value is -10.4. The number of fused-ring (bicyclic) bond motifs is 4. The van der Waals surface area contributed by atoms with E-state index < -0.39 is 11.6 Å². The molecule has 2 aliphatic rings. The molecule has 0 fully saturated rings. The summed E-state index contributed by atoms with van der Waals surface area (Å²) in [7, 11) is 3.34. The van der Waals surface area contributed by atoms with Gasteiger partial charge in [-0.15, -0.1) is 5.10 Å². The van der Waals surface area contributed by atoms with Gasteiger partial charge in [0.1, 0.15) is 53.3 Å². The van der Waals surface area contributed by atoms with Crippen LogP contribution in [0.4, 0.5) is 22.7 Å². The van der Waals surface area contributed by atoms with Gasteiger partial charge in [0.25, 0.3) is 5.69 Å². The van der Waals surface area contributed by atoms with Crippen molar-refractivity contribution >= 4 is 53.3 Å². The molecular formula is C83H90N9O8PS. The maximum Gasteiger partial charge on any atom is 0.410 e. The molecule has 19 heteroatoms. The summed E-state index contributed by atoms with van der Waals surface area (Å²) in [6, 6.07) is 56.0. The third-order valence-corrected chi connectivity index (χ3v) is 21.6. The Balaban J connectivity index is 0.720. The lowest BCUT2D eigenvalue weighted by molar-refractivity contribution is -0.384. The molecule has 11 rings (SSSR count). The van der Waals surface area contributed by atoms with E-state index in [0.717, 1.165) is 97.4 Å². The molecule has 17 nitrogen and oxygen atoms in total. The number of carbonyl (C=O) groups is 1. The smallest absolute Gasteiger partial charge is 0.410 e. The molecule has 2 heterocycles. The number of likely N-dealkylation sites (N-methyl/N-ethyl adjacent to an activating group) is 1. The molecule has 0 bridgehead atoms. The highest BCUT2D eigenvalue weighted by Gasteiger charge is 2.42. The second-order valence-electron chi connectivity index (χ2n) is 25.7. The van der Waals surface area contributed by atoms with E-state index in [2.05, 4.69) is 163 Å². The van der Waals surface area contributed by atoms with E-state index in [4.69, 9.17) is 40.2 Å². The number of methoxy groups -OCH3 is 1. The van der Waals surface area contributed by atoms with E-state index in [9.17, 15) is 14.9 Å². The molecule has 1 aliphatic heterocycles. The molecule has 1 unspecified atom stereocenters. The molecular weight excluding hydrogens is 1310 g/mol. The summed E-state index contributed by atoms with van der Waals surface area (Å²) in [4.78, 5) is 29.9. The molecule has 0 spiro atoms. The van der Waals surface area contributed by atoms with Gasteiger partial charge in [0, 0.05) is 103 Å². The number of rotatable bonds is 32. The van der Waals surface area contributed by atoms with Crippen molar-refractivity contribution in [3.8, 4) is 69.2 Å². The number of benzene rings is 8. The number of anilines is 3. The third-order valence-electron chi connectivity index (χ3n) is 18.8. The second kappa shape index (κ2) is 34.3. The highest BCUT2D eigenvalue weighted by atomic mass is 32.5. The van der Waals surface area contributed by atoms with Crippen LogP contribution in [0, 0.1) is 33.8 Å². The minimum Gasteiger partial charge on any atom is -0.497 e. The predicted molar refractivity (Wildman–Crippen MR) is 413 cm³/mol. The number of unbranched alkanes of at least 4 members (excludes halogenated alkanes) is 4. The van der Waals surface area contributed by atoms with Crippen LogP contribution < -0.4 is 38.0 Å². The number of ether oxygens (including phenoxy) is 3. The van der Waals surface area contributed by atoms with Crippen molar-refractivity contribution in [3.63, 3.8) is 0 Å². The predicted octanol–water partition coefficient (Wildman–Crippen LogP) is 18.1. The lowest BCUT2D eigenvalue weighted by Crippen LogP contribution is -2.28. The Morgan fingerprint density at radius 1 is 0.657 bits per heavy atom. The van der Waals surface area contributed by atoms with E-state index in [1.807, 2.05) is 60.7 Å². The molecule has 1 amide bonds. The van der Waals surface area contributed by atoms with E-state index in [1.165, 1.54) is 76.3 Å². The lowest BCUT2D eigenvalue weighted by atomic mass is 9.70. The van der Waals surface area contributed by atoms with Crippen LogP contribution in [0.15, 0.2) is 181 Å². The quantitative estimate of drug-likeness (QED) is 0.0129. The van der Waals surface area contributed by atoms with Gasteiger partial charge in [-0.3, -0.25) is 14.9 Å². The lowest BCUT2D eigenvalue weighted by Gasteiger charge is -2.33. The number of amides is 1. The Morgan fingerprint density at radius 3 is 1.73 bits per heavy atom. The van der Waals surface area contributed by atoms with Crippen molar-refractivity contribution in [2.45, 2.75) is 124 Å². The van der Waals surface area contributed by atoms with Crippen LogP contribution in [0.25, 0.3) is 16.8 Å². The summed E-state index contributed by atoms with van der Waals surface area (Å²) < 4.78 is 34.1. The molecule has 8 aromatic carbocycles. The van der Waals surface area contributed by atoms with Gasteiger partial charge >= 0.3 is 6.64 Å². The van der Waals surface area contributed by atoms with Gasteiger partial charge in [0.15, 0.2) is 0 Å². The molecule has 1 aliphatic carbocycles. The van der Waals surface area contributed by atoms with Crippen molar-refractivity contribution in [3.05, 3.63) is 236 Å². The standard InChI is InChI=1S/C83H90N9O8PS/c1-9-14-49-83(50-15-10-2)78-56-64(28-44-75(78)76-45-29-65(57-79(76)83)21-19-63-24-32-69(33-25-63)89(51-16-11-3)52-17-12-4)20-18-62-22-30-68(31-23-62)88(13-5)54-55-97-72-40-42-74(43-41-72)100-101(102,87(7)84-58-66-26-36-71(96-8)37-27-66)99-73-38-34-70(35-39-73)91-59-67(85-86-91)60-98-81-47-46-80(92(94)95)82-77(81)48-53-90(82)61(6)93/h22-47,56-59H,9-17,48-55,60H2,1-8H3/b84-58+. The van der Waals surface area contributed by atoms with Crippen molar-refractivity contribution in [1.29, 1.82) is 0 Å². The fourth-order valence-electron chi connectivity index (χ4n) is 13.2. The van der Waals surface area contributed by atoms with Gasteiger partial charge in [0.2, 0.25) is 5.91 Å². The normalized spacial score (nSPS) is 13.0. The molecule has 0 N–H and O–H groups in total. The number of carbonyl (C=O) groups excluding carboxylic acids is 1. The van der Waals surface area contributed by atoms with E-state index in [0.29, 0.717) is 66.1 Å². The van der Waals surface area contributed by atoms with Crippen LogP contribution in [-0.4, -0.2) is 90.3 Å². The number of hydrogen-bond acceptors (Lipinski definition) is 14. The van der Waals surface area contributed by atoms with Crippen LogP contribution in [0.3, 0.4) is 0 Å². The highest BCUT2D eigenvalue weighted by Crippen LogP contribution is 2.55. The fraction of sp³-hybridized carbons (Fsp3) is 0.325. The molecule has 526 valence electrons. The zero-order valence-electron chi connectivity index (χ0n) is 59.7. The Morgan fingerprint density at radius 2 is 1.19 bits per heavy atom. The third kappa shape index (κ3) is 17.5. The minimum absolute atomic E-state index is 0.0371. The van der Waals surface area contributed by atoms with E-state index >= 15 is 0 Å². The molecule has 102 heavy (non-hydrogen) atoms. The first kappa shape index (κ1) is 72.8. The molecule has 0 saturated heterocycles. The SMILES string of the molecule is CCCCN(CCCC)c1ccc(C#Cc2ccc3c(c2)C(CCCC)(CCCC)c2cc(C#Cc4ccc(N(CC)CCOc5ccc(OP(=S)(Oc6ccc(-n7cc(COc8ccc([N+](=O)[O-])c9c8CCN9C(C)=O)nn7)cc6)N(C)/N=C/c6ccc(OC)cc6)cc5)cc4)ccc2-3)cc1. The van der Waals surface area contributed by atoms with Gasteiger partial charge in [-0.25, -0.2) is 9.46 Å². The zero-order chi connectivity index (χ0) is 71.6. The monoisotopic (exact) mass is 1400 g/mol. The molecule has 0 saturated carbocycles. The van der Waals surface area contributed by atoms with E-state index in [1.54, 1.807) is 49.4 Å². The van der Waals surface area contributed by atoms with Crippen molar-refractivity contribution < 1.29 is 33.0 Å². The number of nitro benzene ring substituents is 1. The molecule has 9 aromatic rings. The molecule has 1 atom stereocenters. The number of nitro groups is 1. The first-order valence-electron chi connectivity index (χ1n) is 35.6. The van der Waals surface area contributed by atoms with Gasteiger partial charge in [-0.1, -0.05) is 107 Å². The highest BCUT2D eigenvalue weighted by molar-refractivity contribution is 8.09. The van der Waals surface area contributed by atoms with Crippen molar-refractivity contribution in [1.82, 2.24) is 19.8 Å². The summed E-state index contributed by atoms with van der Waals surface area (Å²) in [6.07, 6.45) is 15.3. The minimum atomic E-state index is -3.43. The Bertz CT molecular complexity index is 4560. The van der Waals surface area contributed by atoms with Crippen LogP contribution in [-0.2, 0) is 35.0 Å². The first-order valence-corrected chi connectivity index (χ1v) is 38.1. The summed E-state index contributed by atoms with van der Waals surface area (Å²) in [5, 5.41) is 25.2. The van der Waals surface area contributed by atoms with Crippen LogP contribution in [0.5, 0.6) is 28.7 Å². The van der Waals surface area contributed by atoms with Gasteiger partial charge in [0.05, 0.1) is 36.7 Å². The average molecular weight is 1400 g/mol. The first-order chi connectivity index (χ1) is 49.6. The van der Waals surface area contributed by atoms with Gasteiger partial charge in [-0.2, -0.15) is 5.10 Å². The van der Waals surface area contributed by atoms with E-state index in [-0.39, 0.29) is 29.3 Å². The topological polar surface area (TPSA) is 162 Å². The summed E-state index contributed by atoms with van der Waals surface area (Å²) in [6.45, 7) is 13.6. The summed E-state index contributed by atoms with van der Waals surface area (Å²) in [5.74, 6) is 16.6. The average Bonchev–Trinajstić information content (AvgIpc) is 1.56. The maximum atomic E-state index is 12.3. The number of nitrogens with zero attached hydrogens (tertiary/aromatic N) is 9. The number of hydrazone groups is 1. The van der Waals surface area contributed by atoms with Crippen LogP contribution >= 0.6 is 6.64 Å². The Kier molecular flexibility index (Phi) is 24.5. The zero-order valence-corrected chi connectivity index (χ0v) is 61.4. The van der Waals surface area contributed by atoms with Crippen molar-refractivity contribution in [2.24, 2.45) is 5.10 Å². The molecule has 1 aromatic heterocycles.